The van der Waals surface area contributed by atoms with Crippen LogP contribution in [0.2, 0.25) is 0 Å². The predicted octanol–water partition coefficient (Wildman–Crippen LogP) is 3.86. The van der Waals surface area contributed by atoms with E-state index in [9.17, 15) is 9.18 Å². The van der Waals surface area contributed by atoms with Gasteiger partial charge in [0.05, 0.1) is 0 Å². The molecule has 1 amide bonds. The van der Waals surface area contributed by atoms with Crippen LogP contribution >= 0.6 is 0 Å². The summed E-state index contributed by atoms with van der Waals surface area (Å²) in [7, 11) is 0. The summed E-state index contributed by atoms with van der Waals surface area (Å²) in [5.41, 5.74) is 2.62. The van der Waals surface area contributed by atoms with Gasteiger partial charge in [-0.25, -0.2) is 9.78 Å². The van der Waals surface area contributed by atoms with E-state index in [1.165, 1.54) is 12.3 Å². The molecule has 0 fully saturated rings. The Morgan fingerprint density at radius 2 is 2.13 bits per heavy atom. The Kier molecular flexibility index (Phi) is 6.29. The van der Waals surface area contributed by atoms with E-state index in [4.69, 9.17) is 4.74 Å². The lowest BCUT2D eigenvalue weighted by molar-refractivity contribution is 0.140. The zero-order valence-electron chi connectivity index (χ0n) is 13.0. The normalized spacial score (nSPS) is 10.7. The number of amides is 1. The number of hydrogen-bond acceptors (Lipinski definition) is 3. The molecule has 5 heteroatoms. The molecule has 0 radical (unpaired) electrons. The smallest absolute Gasteiger partial charge is 0.407 e. The van der Waals surface area contributed by atoms with Gasteiger partial charge in [0.1, 0.15) is 6.61 Å². The van der Waals surface area contributed by atoms with Crippen LogP contribution in [0.5, 0.6) is 0 Å². The lowest BCUT2D eigenvalue weighted by Gasteiger charge is -2.06. The number of nitrogens with zero attached hydrogens (tertiary/aromatic N) is 1. The average molecular weight is 314 g/mol. The SMILES string of the molecule is Cc1cnc(F)cc1C=CCCNC(=O)OCc1ccccc1. The third kappa shape index (κ3) is 5.90. The molecule has 0 saturated heterocycles. The van der Waals surface area contributed by atoms with Gasteiger partial charge >= 0.3 is 6.09 Å². The minimum absolute atomic E-state index is 0.248. The van der Waals surface area contributed by atoms with Crippen molar-refractivity contribution in [2.45, 2.75) is 20.0 Å². The number of benzene rings is 1. The second-order valence-corrected chi connectivity index (χ2v) is 5.04. The molecule has 0 unspecified atom stereocenters. The Hall–Kier alpha value is -2.69. The summed E-state index contributed by atoms with van der Waals surface area (Å²) in [4.78, 5) is 15.1. The molecule has 1 N–H and O–H groups in total. The molecule has 2 aromatic rings. The van der Waals surface area contributed by atoms with Crippen LogP contribution in [0.15, 0.2) is 48.7 Å². The van der Waals surface area contributed by atoms with E-state index in [-0.39, 0.29) is 6.61 Å². The standard InChI is InChI=1S/C18H19FN2O2/c1-14-12-21-17(19)11-16(14)9-5-6-10-20-18(22)23-13-15-7-3-2-4-8-15/h2-5,7-9,11-12H,6,10,13H2,1H3,(H,20,22). The van der Waals surface area contributed by atoms with Crippen LogP contribution < -0.4 is 5.32 Å². The van der Waals surface area contributed by atoms with Gasteiger partial charge in [-0.3, -0.25) is 0 Å². The van der Waals surface area contributed by atoms with E-state index in [1.807, 2.05) is 49.4 Å². The Bertz CT molecular complexity index is 672. The van der Waals surface area contributed by atoms with E-state index >= 15 is 0 Å². The third-order valence-electron chi connectivity index (χ3n) is 3.20. The van der Waals surface area contributed by atoms with E-state index < -0.39 is 12.0 Å². The van der Waals surface area contributed by atoms with E-state index in [1.54, 1.807) is 0 Å². The van der Waals surface area contributed by atoms with Gasteiger partial charge in [-0.2, -0.15) is 4.39 Å². The molecule has 4 nitrogen and oxygen atoms in total. The van der Waals surface area contributed by atoms with Crippen LogP contribution in [0.3, 0.4) is 0 Å². The van der Waals surface area contributed by atoms with E-state index in [2.05, 4.69) is 10.3 Å². The monoisotopic (exact) mass is 314 g/mol. The fraction of sp³-hybridized carbons (Fsp3) is 0.222. The third-order valence-corrected chi connectivity index (χ3v) is 3.20. The van der Waals surface area contributed by atoms with Crippen LogP contribution in [0.1, 0.15) is 23.1 Å². The fourth-order valence-electron chi connectivity index (χ4n) is 1.93. The summed E-state index contributed by atoms with van der Waals surface area (Å²) in [6.45, 7) is 2.57. The first kappa shape index (κ1) is 16.7. The first-order valence-electron chi connectivity index (χ1n) is 7.38. The summed E-state index contributed by atoms with van der Waals surface area (Å²) in [5.74, 6) is -0.502. The largest absolute Gasteiger partial charge is 0.445 e. The molecule has 0 spiro atoms. The Morgan fingerprint density at radius 1 is 1.35 bits per heavy atom. The minimum Gasteiger partial charge on any atom is -0.445 e. The van der Waals surface area contributed by atoms with Crippen LogP contribution in [-0.2, 0) is 11.3 Å². The second-order valence-electron chi connectivity index (χ2n) is 5.04. The Labute approximate surface area is 135 Å². The summed E-state index contributed by atoms with van der Waals surface area (Å²) in [6.07, 6.45) is 5.36. The Balaban J connectivity index is 1.67. The van der Waals surface area contributed by atoms with Gasteiger partial charge in [0, 0.05) is 18.8 Å². The van der Waals surface area contributed by atoms with Crippen molar-refractivity contribution in [3.05, 3.63) is 71.3 Å². The molecule has 23 heavy (non-hydrogen) atoms. The summed E-state index contributed by atoms with van der Waals surface area (Å²) in [6, 6.07) is 10.9. The van der Waals surface area contributed by atoms with Crippen molar-refractivity contribution in [1.82, 2.24) is 10.3 Å². The topological polar surface area (TPSA) is 51.2 Å². The van der Waals surface area contributed by atoms with Crippen molar-refractivity contribution >= 4 is 12.2 Å². The van der Waals surface area contributed by atoms with Gasteiger partial charge in [-0.05, 0) is 30.0 Å². The number of ether oxygens (including phenoxy) is 1. The Morgan fingerprint density at radius 3 is 2.91 bits per heavy atom. The maximum absolute atomic E-state index is 13.0. The summed E-state index contributed by atoms with van der Waals surface area (Å²) in [5, 5.41) is 2.67. The number of rotatable bonds is 6. The number of carbonyl (C=O) groups excluding carboxylic acids is 1. The summed E-state index contributed by atoms with van der Waals surface area (Å²) >= 11 is 0. The number of aromatic nitrogens is 1. The zero-order chi connectivity index (χ0) is 16.5. The maximum atomic E-state index is 13.0. The molecular weight excluding hydrogens is 295 g/mol. The van der Waals surface area contributed by atoms with Gasteiger partial charge in [0.15, 0.2) is 0 Å². The number of pyridine rings is 1. The van der Waals surface area contributed by atoms with Gasteiger partial charge in [-0.1, -0.05) is 42.5 Å². The average Bonchev–Trinajstić information content (AvgIpc) is 2.56. The molecule has 120 valence electrons. The molecule has 0 aliphatic carbocycles. The predicted molar refractivity (Wildman–Crippen MR) is 87.2 cm³/mol. The summed E-state index contributed by atoms with van der Waals surface area (Å²) < 4.78 is 18.1. The van der Waals surface area contributed by atoms with Crippen LogP contribution in [-0.4, -0.2) is 17.6 Å². The maximum Gasteiger partial charge on any atom is 0.407 e. The molecular formula is C18H19FN2O2. The van der Waals surface area contributed by atoms with E-state index in [0.29, 0.717) is 13.0 Å². The van der Waals surface area contributed by atoms with Gasteiger partial charge in [0.25, 0.3) is 0 Å². The molecule has 0 aliphatic heterocycles. The quantitative estimate of drug-likeness (QED) is 0.650. The number of halogens is 1. The molecule has 0 atom stereocenters. The number of alkyl carbamates (subject to hydrolysis) is 1. The highest BCUT2D eigenvalue weighted by Crippen LogP contribution is 2.09. The number of nitrogens with one attached hydrogen (secondary N) is 1. The molecule has 2 rings (SSSR count). The van der Waals surface area contributed by atoms with Crippen molar-refractivity contribution in [2.75, 3.05) is 6.54 Å². The highest BCUT2D eigenvalue weighted by molar-refractivity contribution is 5.67. The molecule has 0 bridgehead atoms. The lowest BCUT2D eigenvalue weighted by atomic mass is 10.1. The molecule has 0 saturated carbocycles. The van der Waals surface area contributed by atoms with Gasteiger partial charge in [0.2, 0.25) is 5.95 Å². The van der Waals surface area contributed by atoms with Crippen LogP contribution in [0.4, 0.5) is 9.18 Å². The van der Waals surface area contributed by atoms with Gasteiger partial charge in [-0.15, -0.1) is 0 Å². The number of carbonyl (C=O) groups is 1. The molecule has 1 heterocycles. The van der Waals surface area contributed by atoms with Gasteiger partial charge < -0.3 is 10.1 Å². The fourth-order valence-corrected chi connectivity index (χ4v) is 1.93. The van der Waals surface area contributed by atoms with Crippen LogP contribution in [0, 0.1) is 12.9 Å². The lowest BCUT2D eigenvalue weighted by Crippen LogP contribution is -2.24. The molecule has 1 aromatic carbocycles. The second kappa shape index (κ2) is 8.68. The first-order chi connectivity index (χ1) is 11.1. The van der Waals surface area contributed by atoms with Crippen molar-refractivity contribution in [3.8, 4) is 0 Å². The first-order valence-corrected chi connectivity index (χ1v) is 7.38. The van der Waals surface area contributed by atoms with Crippen molar-refractivity contribution in [1.29, 1.82) is 0 Å². The zero-order valence-corrected chi connectivity index (χ0v) is 13.0. The number of hydrogen-bond donors (Lipinski definition) is 1. The van der Waals surface area contributed by atoms with Crippen LogP contribution in [0.25, 0.3) is 6.08 Å². The van der Waals surface area contributed by atoms with E-state index in [0.717, 1.165) is 16.7 Å². The van der Waals surface area contributed by atoms with Crippen molar-refractivity contribution in [3.63, 3.8) is 0 Å². The van der Waals surface area contributed by atoms with Crippen molar-refractivity contribution < 1.29 is 13.9 Å². The van der Waals surface area contributed by atoms with Crippen molar-refractivity contribution in [2.24, 2.45) is 0 Å². The minimum atomic E-state index is -0.502. The number of aryl methyl sites for hydroxylation is 1. The molecule has 1 aromatic heterocycles. The molecule has 0 aliphatic rings. The highest BCUT2D eigenvalue weighted by atomic mass is 19.1. The highest BCUT2D eigenvalue weighted by Gasteiger charge is 2.01.